The van der Waals surface area contributed by atoms with Gasteiger partial charge in [-0.1, -0.05) is 12.1 Å². The second-order valence-electron chi connectivity index (χ2n) is 6.30. The van der Waals surface area contributed by atoms with Gasteiger partial charge in [-0.25, -0.2) is 9.18 Å². The van der Waals surface area contributed by atoms with E-state index in [-0.39, 0.29) is 29.5 Å². The Morgan fingerprint density at radius 2 is 2.04 bits per heavy atom. The minimum Gasteiger partial charge on any atom is -0.480 e. The fraction of sp³-hybridized carbons (Fsp3) is 0.529. The number of halogens is 1. The van der Waals surface area contributed by atoms with Crippen LogP contribution in [0.5, 0.6) is 0 Å². The van der Waals surface area contributed by atoms with E-state index in [1.807, 2.05) is 0 Å². The molecule has 1 aliphatic heterocycles. The van der Waals surface area contributed by atoms with Gasteiger partial charge in [0.15, 0.2) is 0 Å². The zero-order valence-corrected chi connectivity index (χ0v) is 12.7. The summed E-state index contributed by atoms with van der Waals surface area (Å²) in [7, 11) is 0. The van der Waals surface area contributed by atoms with Gasteiger partial charge in [0.1, 0.15) is 11.9 Å². The van der Waals surface area contributed by atoms with Crippen molar-refractivity contribution in [2.75, 3.05) is 13.2 Å². The smallest absolute Gasteiger partial charge is 0.326 e. The largest absolute Gasteiger partial charge is 0.480 e. The maximum absolute atomic E-state index is 12.9. The maximum Gasteiger partial charge on any atom is 0.326 e. The second kappa shape index (κ2) is 6.66. The van der Waals surface area contributed by atoms with Crippen LogP contribution in [0, 0.1) is 17.7 Å². The molecule has 1 heterocycles. The van der Waals surface area contributed by atoms with E-state index in [9.17, 15) is 19.1 Å². The lowest BCUT2D eigenvalue weighted by atomic mass is 9.93. The molecular formula is C17H20FNO4. The minimum absolute atomic E-state index is 0.0488. The van der Waals surface area contributed by atoms with E-state index < -0.39 is 12.0 Å². The van der Waals surface area contributed by atoms with E-state index in [0.29, 0.717) is 19.6 Å². The first-order chi connectivity index (χ1) is 11.1. The number of aliphatic carboxylic acids is 1. The lowest BCUT2D eigenvalue weighted by molar-refractivity contribution is -0.145. The number of carbonyl (C=O) groups excluding carboxylic acids is 1. The fourth-order valence-electron chi connectivity index (χ4n) is 3.23. The lowest BCUT2D eigenvalue weighted by Crippen LogP contribution is -2.49. The SMILES string of the molecule is O=C(O)[C@@H](NC(=O)[C@@H]1C[C@@H]1c1ccc(F)cc1)[C@@H]1CCCOC1. The lowest BCUT2D eigenvalue weighted by Gasteiger charge is -2.28. The van der Waals surface area contributed by atoms with Gasteiger partial charge in [0, 0.05) is 18.4 Å². The monoisotopic (exact) mass is 321 g/mol. The van der Waals surface area contributed by atoms with Crippen LogP contribution in [0.25, 0.3) is 0 Å². The zero-order valence-electron chi connectivity index (χ0n) is 12.7. The zero-order chi connectivity index (χ0) is 16.4. The molecule has 1 aromatic rings. The maximum atomic E-state index is 12.9. The molecule has 2 fully saturated rings. The number of amides is 1. The molecule has 1 amide bonds. The molecule has 1 aromatic carbocycles. The van der Waals surface area contributed by atoms with Gasteiger partial charge in [0.25, 0.3) is 0 Å². The quantitative estimate of drug-likeness (QED) is 0.869. The fourth-order valence-corrected chi connectivity index (χ4v) is 3.23. The molecule has 124 valence electrons. The highest BCUT2D eigenvalue weighted by Gasteiger charge is 2.45. The van der Waals surface area contributed by atoms with Gasteiger partial charge < -0.3 is 15.2 Å². The number of carboxylic acids is 1. The molecule has 1 saturated carbocycles. The Morgan fingerprint density at radius 1 is 1.30 bits per heavy atom. The van der Waals surface area contributed by atoms with Gasteiger partial charge in [0.05, 0.1) is 6.61 Å². The van der Waals surface area contributed by atoms with Crippen molar-refractivity contribution in [1.29, 1.82) is 0 Å². The predicted molar refractivity (Wildman–Crippen MR) is 80.4 cm³/mol. The van der Waals surface area contributed by atoms with Crippen molar-refractivity contribution in [3.05, 3.63) is 35.6 Å². The third-order valence-electron chi connectivity index (χ3n) is 4.66. The summed E-state index contributed by atoms with van der Waals surface area (Å²) in [6.45, 7) is 1.01. The standard InChI is InChI=1S/C17H20FNO4/c18-12-5-3-10(4-6-12)13-8-14(13)16(20)19-15(17(21)22)11-2-1-7-23-9-11/h3-6,11,13-15H,1-2,7-9H2,(H,19,20)(H,21,22)/t11-,13-,14-,15+/m1/s1. The highest BCUT2D eigenvalue weighted by Crippen LogP contribution is 2.47. The molecule has 4 atom stereocenters. The number of benzene rings is 1. The molecule has 0 aromatic heterocycles. The van der Waals surface area contributed by atoms with Crippen LogP contribution in [0.3, 0.4) is 0 Å². The number of hydrogen-bond donors (Lipinski definition) is 2. The summed E-state index contributed by atoms with van der Waals surface area (Å²) in [5, 5.41) is 12.0. The van der Waals surface area contributed by atoms with E-state index in [2.05, 4.69) is 5.32 Å². The van der Waals surface area contributed by atoms with E-state index >= 15 is 0 Å². The van der Waals surface area contributed by atoms with Crippen molar-refractivity contribution in [2.45, 2.75) is 31.2 Å². The van der Waals surface area contributed by atoms with Crippen LogP contribution in [0.4, 0.5) is 4.39 Å². The molecule has 5 nitrogen and oxygen atoms in total. The number of carboxylic acid groups (broad SMARTS) is 1. The molecule has 0 bridgehead atoms. The summed E-state index contributed by atoms with van der Waals surface area (Å²) in [6.07, 6.45) is 2.22. The highest BCUT2D eigenvalue weighted by atomic mass is 19.1. The number of ether oxygens (including phenoxy) is 1. The van der Waals surface area contributed by atoms with Crippen LogP contribution in [-0.2, 0) is 14.3 Å². The summed E-state index contributed by atoms with van der Waals surface area (Å²) in [4.78, 5) is 23.8. The average molecular weight is 321 g/mol. The third-order valence-corrected chi connectivity index (χ3v) is 4.66. The number of rotatable bonds is 5. The summed E-state index contributed by atoms with van der Waals surface area (Å²) in [6, 6.07) is 5.20. The molecule has 1 aliphatic carbocycles. The van der Waals surface area contributed by atoms with Gasteiger partial charge >= 0.3 is 5.97 Å². The molecule has 0 radical (unpaired) electrons. The Bertz CT molecular complexity index is 583. The van der Waals surface area contributed by atoms with Crippen molar-refractivity contribution in [3.63, 3.8) is 0 Å². The first-order valence-electron chi connectivity index (χ1n) is 7.92. The molecule has 0 spiro atoms. The molecule has 2 aliphatic rings. The van der Waals surface area contributed by atoms with E-state index in [1.54, 1.807) is 12.1 Å². The molecule has 0 unspecified atom stereocenters. The summed E-state index contributed by atoms with van der Waals surface area (Å²) in [5.41, 5.74) is 0.916. The summed E-state index contributed by atoms with van der Waals surface area (Å²) < 4.78 is 18.3. The number of nitrogens with one attached hydrogen (secondary N) is 1. The van der Waals surface area contributed by atoms with Crippen LogP contribution in [0.15, 0.2) is 24.3 Å². The van der Waals surface area contributed by atoms with Crippen molar-refractivity contribution in [3.8, 4) is 0 Å². The predicted octanol–water partition coefficient (Wildman–Crippen LogP) is 1.93. The van der Waals surface area contributed by atoms with E-state index in [0.717, 1.165) is 18.4 Å². The van der Waals surface area contributed by atoms with Crippen molar-refractivity contribution in [2.24, 2.45) is 11.8 Å². The van der Waals surface area contributed by atoms with E-state index in [1.165, 1.54) is 12.1 Å². The van der Waals surface area contributed by atoms with Crippen molar-refractivity contribution < 1.29 is 23.8 Å². The Hall–Kier alpha value is -1.95. The van der Waals surface area contributed by atoms with Gasteiger partial charge in [-0.15, -0.1) is 0 Å². The highest BCUT2D eigenvalue weighted by molar-refractivity contribution is 5.87. The Balaban J connectivity index is 1.59. The van der Waals surface area contributed by atoms with Crippen molar-refractivity contribution in [1.82, 2.24) is 5.32 Å². The molecule has 3 rings (SSSR count). The Morgan fingerprint density at radius 3 is 2.65 bits per heavy atom. The van der Waals surface area contributed by atoms with Gasteiger partial charge in [-0.3, -0.25) is 4.79 Å². The van der Waals surface area contributed by atoms with E-state index in [4.69, 9.17) is 4.74 Å². The van der Waals surface area contributed by atoms with Crippen LogP contribution in [0.1, 0.15) is 30.7 Å². The number of hydrogen-bond acceptors (Lipinski definition) is 3. The Labute approximate surface area is 133 Å². The molecular weight excluding hydrogens is 301 g/mol. The van der Waals surface area contributed by atoms with Crippen LogP contribution < -0.4 is 5.32 Å². The van der Waals surface area contributed by atoms with Gasteiger partial charge in [-0.2, -0.15) is 0 Å². The van der Waals surface area contributed by atoms with Crippen LogP contribution >= 0.6 is 0 Å². The molecule has 2 N–H and O–H groups in total. The van der Waals surface area contributed by atoms with Crippen molar-refractivity contribution >= 4 is 11.9 Å². The Kier molecular flexibility index (Phi) is 4.61. The molecule has 23 heavy (non-hydrogen) atoms. The van der Waals surface area contributed by atoms with Crippen LogP contribution in [-0.4, -0.2) is 36.2 Å². The normalized spacial score (nSPS) is 28.0. The van der Waals surface area contributed by atoms with Crippen LogP contribution in [0.2, 0.25) is 0 Å². The summed E-state index contributed by atoms with van der Waals surface area (Å²) in [5.74, 6) is -1.93. The second-order valence-corrected chi connectivity index (χ2v) is 6.30. The first-order valence-corrected chi connectivity index (χ1v) is 7.92. The van der Waals surface area contributed by atoms with Gasteiger partial charge in [-0.05, 0) is 42.9 Å². The summed E-state index contributed by atoms with van der Waals surface area (Å²) >= 11 is 0. The average Bonchev–Trinajstić information content (AvgIpc) is 3.34. The first kappa shape index (κ1) is 15.9. The molecule has 1 saturated heterocycles. The van der Waals surface area contributed by atoms with Gasteiger partial charge in [0.2, 0.25) is 5.91 Å². The topological polar surface area (TPSA) is 75.6 Å². The molecule has 6 heteroatoms. The minimum atomic E-state index is -1.02. The third kappa shape index (κ3) is 3.69. The number of carbonyl (C=O) groups is 2.